The maximum absolute atomic E-state index is 11.8. The van der Waals surface area contributed by atoms with Crippen LogP contribution in [0.2, 0.25) is 0 Å². The fourth-order valence-electron chi connectivity index (χ4n) is 1.56. The zero-order valence-corrected chi connectivity index (χ0v) is 9.77. The molecular formula is C13H13N3O. The van der Waals surface area contributed by atoms with E-state index in [9.17, 15) is 4.79 Å². The first-order valence-corrected chi connectivity index (χ1v) is 5.33. The number of carbonyl (C=O) groups excluding carboxylic acids is 1. The number of aromatic nitrogens is 2. The van der Waals surface area contributed by atoms with Crippen LogP contribution in [-0.4, -0.2) is 16.1 Å². The van der Waals surface area contributed by atoms with Crippen molar-refractivity contribution in [1.82, 2.24) is 10.2 Å². The van der Waals surface area contributed by atoms with E-state index in [4.69, 9.17) is 0 Å². The molecular weight excluding hydrogens is 214 g/mol. The van der Waals surface area contributed by atoms with Crippen molar-refractivity contribution in [3.8, 4) is 0 Å². The molecule has 0 fully saturated rings. The first kappa shape index (κ1) is 11.3. The van der Waals surface area contributed by atoms with Gasteiger partial charge in [0.15, 0.2) is 5.69 Å². The van der Waals surface area contributed by atoms with Gasteiger partial charge in [0, 0.05) is 11.9 Å². The zero-order chi connectivity index (χ0) is 12.3. The standard InChI is InChI=1S/C13H13N3O/c1-9-5-6-11(10(2)8-9)15-13(17)12-4-3-7-14-16-12/h3-8H,1-2H3,(H,15,17). The lowest BCUT2D eigenvalue weighted by molar-refractivity contribution is 0.102. The summed E-state index contributed by atoms with van der Waals surface area (Å²) in [4.78, 5) is 11.8. The van der Waals surface area contributed by atoms with E-state index in [0.717, 1.165) is 11.3 Å². The second kappa shape index (κ2) is 4.74. The third kappa shape index (κ3) is 2.66. The lowest BCUT2D eigenvalue weighted by Crippen LogP contribution is -2.14. The normalized spacial score (nSPS) is 10.0. The van der Waals surface area contributed by atoms with E-state index in [2.05, 4.69) is 15.5 Å². The summed E-state index contributed by atoms with van der Waals surface area (Å²) in [7, 11) is 0. The molecule has 1 aromatic carbocycles. The summed E-state index contributed by atoms with van der Waals surface area (Å²) in [6.07, 6.45) is 1.54. The highest BCUT2D eigenvalue weighted by molar-refractivity contribution is 6.03. The highest BCUT2D eigenvalue weighted by Crippen LogP contribution is 2.16. The van der Waals surface area contributed by atoms with Crippen LogP contribution in [0.5, 0.6) is 0 Å². The molecule has 0 atom stereocenters. The Morgan fingerprint density at radius 2 is 2.06 bits per heavy atom. The molecule has 0 bridgehead atoms. The summed E-state index contributed by atoms with van der Waals surface area (Å²) in [5, 5.41) is 10.2. The third-order valence-electron chi connectivity index (χ3n) is 2.44. The molecule has 0 saturated heterocycles. The van der Waals surface area contributed by atoms with Crippen molar-refractivity contribution in [2.45, 2.75) is 13.8 Å². The van der Waals surface area contributed by atoms with Crippen LogP contribution in [0.4, 0.5) is 5.69 Å². The second-order valence-corrected chi connectivity index (χ2v) is 3.88. The van der Waals surface area contributed by atoms with Crippen LogP contribution in [0, 0.1) is 13.8 Å². The summed E-state index contributed by atoms with van der Waals surface area (Å²) in [5.41, 5.74) is 3.31. The molecule has 0 unspecified atom stereocenters. The van der Waals surface area contributed by atoms with Gasteiger partial charge in [-0.05, 0) is 37.6 Å². The van der Waals surface area contributed by atoms with E-state index < -0.39 is 0 Å². The fraction of sp³-hybridized carbons (Fsp3) is 0.154. The summed E-state index contributed by atoms with van der Waals surface area (Å²) in [6, 6.07) is 9.18. The van der Waals surface area contributed by atoms with E-state index >= 15 is 0 Å². The Morgan fingerprint density at radius 3 is 2.71 bits per heavy atom. The van der Waals surface area contributed by atoms with Gasteiger partial charge in [-0.1, -0.05) is 17.7 Å². The molecule has 0 aliphatic rings. The van der Waals surface area contributed by atoms with Gasteiger partial charge in [0.2, 0.25) is 0 Å². The lowest BCUT2D eigenvalue weighted by atomic mass is 10.1. The monoisotopic (exact) mass is 227 g/mol. The number of benzene rings is 1. The summed E-state index contributed by atoms with van der Waals surface area (Å²) in [6.45, 7) is 3.97. The molecule has 1 amide bonds. The molecule has 1 aromatic heterocycles. The lowest BCUT2D eigenvalue weighted by Gasteiger charge is -2.08. The maximum atomic E-state index is 11.8. The molecule has 0 aliphatic heterocycles. The molecule has 2 rings (SSSR count). The average molecular weight is 227 g/mol. The van der Waals surface area contributed by atoms with Gasteiger partial charge < -0.3 is 5.32 Å². The number of nitrogens with zero attached hydrogens (tertiary/aromatic N) is 2. The number of aryl methyl sites for hydroxylation is 2. The third-order valence-corrected chi connectivity index (χ3v) is 2.44. The van der Waals surface area contributed by atoms with E-state index in [1.165, 1.54) is 11.8 Å². The van der Waals surface area contributed by atoms with Crippen LogP contribution in [0.3, 0.4) is 0 Å². The molecule has 0 saturated carbocycles. The minimum Gasteiger partial charge on any atom is -0.320 e. The first-order chi connectivity index (χ1) is 8.16. The average Bonchev–Trinajstić information content (AvgIpc) is 2.34. The van der Waals surface area contributed by atoms with E-state index in [1.807, 2.05) is 32.0 Å². The Kier molecular flexibility index (Phi) is 3.14. The molecule has 0 spiro atoms. The number of nitrogens with one attached hydrogen (secondary N) is 1. The van der Waals surface area contributed by atoms with Crippen molar-refractivity contribution in [3.63, 3.8) is 0 Å². The smallest absolute Gasteiger partial charge is 0.276 e. The Bertz CT molecular complexity index is 538. The largest absolute Gasteiger partial charge is 0.320 e. The minimum atomic E-state index is -0.245. The molecule has 4 nitrogen and oxygen atoms in total. The molecule has 0 aliphatic carbocycles. The Balaban J connectivity index is 2.19. The van der Waals surface area contributed by atoms with E-state index in [-0.39, 0.29) is 5.91 Å². The van der Waals surface area contributed by atoms with Gasteiger partial charge in [-0.25, -0.2) is 0 Å². The van der Waals surface area contributed by atoms with Crippen LogP contribution in [0.15, 0.2) is 36.5 Å². The van der Waals surface area contributed by atoms with Crippen LogP contribution in [-0.2, 0) is 0 Å². The number of amides is 1. The van der Waals surface area contributed by atoms with Crippen molar-refractivity contribution < 1.29 is 4.79 Å². The number of anilines is 1. The van der Waals surface area contributed by atoms with E-state index in [0.29, 0.717) is 5.69 Å². The van der Waals surface area contributed by atoms with Crippen molar-refractivity contribution in [3.05, 3.63) is 53.3 Å². The Morgan fingerprint density at radius 1 is 1.24 bits per heavy atom. The quantitative estimate of drug-likeness (QED) is 0.856. The molecule has 2 aromatic rings. The summed E-state index contributed by atoms with van der Waals surface area (Å²) >= 11 is 0. The number of hydrogen-bond donors (Lipinski definition) is 1. The Hall–Kier alpha value is -2.23. The van der Waals surface area contributed by atoms with Crippen molar-refractivity contribution in [2.24, 2.45) is 0 Å². The zero-order valence-electron chi connectivity index (χ0n) is 9.77. The van der Waals surface area contributed by atoms with Crippen LogP contribution >= 0.6 is 0 Å². The maximum Gasteiger partial charge on any atom is 0.276 e. The van der Waals surface area contributed by atoms with Gasteiger partial charge >= 0.3 is 0 Å². The van der Waals surface area contributed by atoms with Gasteiger partial charge in [-0.15, -0.1) is 5.10 Å². The molecule has 4 heteroatoms. The highest BCUT2D eigenvalue weighted by atomic mass is 16.1. The number of carbonyl (C=O) groups is 1. The summed E-state index contributed by atoms with van der Waals surface area (Å²) in [5.74, 6) is -0.245. The molecule has 17 heavy (non-hydrogen) atoms. The molecule has 1 heterocycles. The van der Waals surface area contributed by atoms with E-state index in [1.54, 1.807) is 12.1 Å². The van der Waals surface area contributed by atoms with Gasteiger partial charge in [0.25, 0.3) is 5.91 Å². The SMILES string of the molecule is Cc1ccc(NC(=O)c2cccnn2)c(C)c1. The van der Waals surface area contributed by atoms with Gasteiger partial charge in [0.05, 0.1) is 0 Å². The van der Waals surface area contributed by atoms with Crippen LogP contribution < -0.4 is 5.32 Å². The first-order valence-electron chi connectivity index (χ1n) is 5.33. The van der Waals surface area contributed by atoms with Crippen molar-refractivity contribution in [2.75, 3.05) is 5.32 Å². The minimum absolute atomic E-state index is 0.245. The Labute approximate surface area is 99.7 Å². The van der Waals surface area contributed by atoms with Crippen molar-refractivity contribution in [1.29, 1.82) is 0 Å². The van der Waals surface area contributed by atoms with Gasteiger partial charge in [-0.2, -0.15) is 5.10 Å². The number of rotatable bonds is 2. The topological polar surface area (TPSA) is 54.9 Å². The summed E-state index contributed by atoms with van der Waals surface area (Å²) < 4.78 is 0. The highest BCUT2D eigenvalue weighted by Gasteiger charge is 2.08. The molecule has 86 valence electrons. The van der Waals surface area contributed by atoms with Crippen molar-refractivity contribution >= 4 is 11.6 Å². The van der Waals surface area contributed by atoms with Crippen LogP contribution in [0.25, 0.3) is 0 Å². The van der Waals surface area contributed by atoms with Gasteiger partial charge in [-0.3, -0.25) is 4.79 Å². The van der Waals surface area contributed by atoms with Crippen LogP contribution in [0.1, 0.15) is 21.6 Å². The second-order valence-electron chi connectivity index (χ2n) is 3.88. The fourth-order valence-corrected chi connectivity index (χ4v) is 1.56. The predicted octanol–water partition coefficient (Wildman–Crippen LogP) is 2.35. The molecule has 0 radical (unpaired) electrons. The number of hydrogen-bond acceptors (Lipinski definition) is 3. The predicted molar refractivity (Wildman–Crippen MR) is 65.9 cm³/mol. The van der Waals surface area contributed by atoms with Gasteiger partial charge in [0.1, 0.15) is 0 Å². The molecule has 1 N–H and O–H groups in total.